The van der Waals surface area contributed by atoms with E-state index in [9.17, 15) is 13.6 Å². The summed E-state index contributed by atoms with van der Waals surface area (Å²) < 4.78 is 24.8. The molecule has 0 saturated carbocycles. The lowest BCUT2D eigenvalue weighted by Gasteiger charge is -2.06. The molecule has 0 amide bonds. The monoisotopic (exact) mass is 331 g/mol. The molecule has 0 radical (unpaired) electrons. The maximum atomic E-state index is 12.3. The standard InChI is InChI=1S/C8H5ClF2INO/c1-3-2-4(7(10)11)13-8(12)5(3)6(9)14/h2,7H,1H3. The molecular weight excluding hydrogens is 326 g/mol. The molecule has 0 unspecified atom stereocenters. The van der Waals surface area contributed by atoms with Crippen LogP contribution in [0.1, 0.15) is 28.0 Å². The molecule has 1 aromatic heterocycles. The van der Waals surface area contributed by atoms with Crippen LogP contribution in [0.25, 0.3) is 0 Å². The third-order valence-electron chi connectivity index (χ3n) is 1.61. The zero-order valence-electron chi connectivity index (χ0n) is 7.02. The third-order valence-corrected chi connectivity index (χ3v) is 2.58. The predicted molar refractivity (Wildman–Crippen MR) is 56.8 cm³/mol. The zero-order chi connectivity index (χ0) is 10.9. The Hall–Kier alpha value is -0.300. The number of alkyl halides is 2. The number of rotatable bonds is 2. The molecule has 0 bridgehead atoms. The summed E-state index contributed by atoms with van der Waals surface area (Å²) in [4.78, 5) is 14.5. The van der Waals surface area contributed by atoms with Gasteiger partial charge in [0.15, 0.2) is 0 Å². The number of aromatic nitrogens is 1. The first-order valence-electron chi connectivity index (χ1n) is 3.58. The van der Waals surface area contributed by atoms with Crippen LogP contribution in [0.15, 0.2) is 6.07 Å². The first-order chi connectivity index (χ1) is 6.43. The normalized spacial score (nSPS) is 10.7. The molecule has 0 aliphatic heterocycles. The molecule has 6 heteroatoms. The molecule has 1 aromatic rings. The van der Waals surface area contributed by atoms with Gasteiger partial charge in [0.25, 0.3) is 11.7 Å². The maximum absolute atomic E-state index is 12.3. The van der Waals surface area contributed by atoms with E-state index in [1.54, 1.807) is 29.5 Å². The van der Waals surface area contributed by atoms with Crippen LogP contribution in [0.5, 0.6) is 0 Å². The van der Waals surface area contributed by atoms with Crippen molar-refractivity contribution in [1.29, 1.82) is 0 Å². The summed E-state index contributed by atoms with van der Waals surface area (Å²) >= 11 is 6.98. The minimum Gasteiger partial charge on any atom is -0.275 e. The van der Waals surface area contributed by atoms with Gasteiger partial charge in [0, 0.05) is 0 Å². The fourth-order valence-electron chi connectivity index (χ4n) is 1.01. The van der Waals surface area contributed by atoms with Gasteiger partial charge in [-0.2, -0.15) is 0 Å². The van der Waals surface area contributed by atoms with E-state index in [2.05, 4.69) is 4.98 Å². The van der Waals surface area contributed by atoms with Crippen LogP contribution in [0.2, 0.25) is 0 Å². The van der Waals surface area contributed by atoms with Crippen LogP contribution in [0.3, 0.4) is 0 Å². The van der Waals surface area contributed by atoms with Crippen LogP contribution in [-0.2, 0) is 0 Å². The molecule has 0 fully saturated rings. The minimum absolute atomic E-state index is 0.191. The van der Waals surface area contributed by atoms with E-state index in [1.165, 1.54) is 6.07 Å². The highest BCUT2D eigenvalue weighted by Gasteiger charge is 2.17. The first kappa shape index (κ1) is 11.8. The maximum Gasteiger partial charge on any atom is 0.280 e. The molecule has 1 heterocycles. The summed E-state index contributed by atoms with van der Waals surface area (Å²) in [5, 5.41) is -0.680. The number of aryl methyl sites for hydroxylation is 1. The van der Waals surface area contributed by atoms with Gasteiger partial charge in [-0.15, -0.1) is 0 Å². The lowest BCUT2D eigenvalue weighted by molar-refractivity contribution is 0.107. The molecule has 14 heavy (non-hydrogen) atoms. The van der Waals surface area contributed by atoms with Crippen LogP contribution in [0, 0.1) is 10.6 Å². The fourth-order valence-corrected chi connectivity index (χ4v) is 2.35. The number of halogens is 4. The van der Waals surface area contributed by atoms with Crippen molar-refractivity contribution in [2.75, 3.05) is 0 Å². The van der Waals surface area contributed by atoms with E-state index < -0.39 is 11.7 Å². The van der Waals surface area contributed by atoms with Crippen molar-refractivity contribution in [2.24, 2.45) is 0 Å². The molecule has 0 aromatic carbocycles. The Morgan fingerprint density at radius 3 is 2.57 bits per heavy atom. The number of carbonyl (C=O) groups excluding carboxylic acids is 1. The van der Waals surface area contributed by atoms with Crippen molar-refractivity contribution in [3.63, 3.8) is 0 Å². The smallest absolute Gasteiger partial charge is 0.275 e. The van der Waals surface area contributed by atoms with E-state index in [1.807, 2.05) is 0 Å². The Balaban J connectivity index is 3.32. The fraction of sp³-hybridized carbons (Fsp3) is 0.250. The van der Waals surface area contributed by atoms with Gasteiger partial charge in [0.1, 0.15) is 9.39 Å². The number of pyridine rings is 1. The van der Waals surface area contributed by atoms with Crippen molar-refractivity contribution >= 4 is 39.4 Å². The SMILES string of the molecule is Cc1cc(C(F)F)nc(I)c1C(=O)Cl. The summed E-state index contributed by atoms with van der Waals surface area (Å²) in [5.74, 6) is 0. The molecular formula is C8H5ClF2INO. The molecule has 0 aliphatic carbocycles. The second kappa shape index (κ2) is 4.48. The minimum atomic E-state index is -2.64. The van der Waals surface area contributed by atoms with Crippen molar-refractivity contribution < 1.29 is 13.6 Å². The Bertz CT molecular complexity index is 361. The average Bonchev–Trinajstić information content (AvgIpc) is 2.01. The second-order valence-corrected chi connectivity index (χ2v) is 3.97. The lowest BCUT2D eigenvalue weighted by Crippen LogP contribution is -2.04. The number of carbonyl (C=O) groups is 1. The van der Waals surface area contributed by atoms with Gasteiger partial charge >= 0.3 is 0 Å². The highest BCUT2D eigenvalue weighted by Crippen LogP contribution is 2.23. The summed E-state index contributed by atoms with van der Waals surface area (Å²) in [6, 6.07) is 1.17. The Morgan fingerprint density at radius 1 is 1.64 bits per heavy atom. The molecule has 2 nitrogen and oxygen atoms in total. The Kier molecular flexibility index (Phi) is 3.77. The quantitative estimate of drug-likeness (QED) is 0.473. The van der Waals surface area contributed by atoms with Crippen LogP contribution in [-0.4, -0.2) is 10.2 Å². The molecule has 0 N–H and O–H groups in total. The van der Waals surface area contributed by atoms with E-state index in [-0.39, 0.29) is 15.0 Å². The number of hydrogen-bond donors (Lipinski definition) is 0. The van der Waals surface area contributed by atoms with Gasteiger partial charge in [0.2, 0.25) is 0 Å². The van der Waals surface area contributed by atoms with Gasteiger partial charge in [-0.1, -0.05) is 0 Å². The predicted octanol–water partition coefficient (Wildman–Crippen LogP) is 3.31. The number of hydrogen-bond acceptors (Lipinski definition) is 2. The highest BCUT2D eigenvalue weighted by atomic mass is 127. The van der Waals surface area contributed by atoms with E-state index in [4.69, 9.17) is 11.6 Å². The van der Waals surface area contributed by atoms with Gasteiger partial charge in [0.05, 0.1) is 5.56 Å². The Morgan fingerprint density at radius 2 is 2.21 bits per heavy atom. The van der Waals surface area contributed by atoms with Gasteiger partial charge in [-0.25, -0.2) is 13.8 Å². The summed E-state index contributed by atoms with van der Waals surface area (Å²) in [7, 11) is 0. The average molecular weight is 331 g/mol. The van der Waals surface area contributed by atoms with Gasteiger partial charge in [-0.05, 0) is 52.7 Å². The van der Waals surface area contributed by atoms with Gasteiger partial charge < -0.3 is 0 Å². The van der Waals surface area contributed by atoms with Gasteiger partial charge in [-0.3, -0.25) is 4.79 Å². The zero-order valence-corrected chi connectivity index (χ0v) is 9.94. The molecule has 0 atom stereocenters. The van der Waals surface area contributed by atoms with Crippen LogP contribution in [0.4, 0.5) is 8.78 Å². The summed E-state index contributed by atoms with van der Waals surface area (Å²) in [6.07, 6.45) is -2.64. The molecule has 1 rings (SSSR count). The van der Waals surface area contributed by atoms with Crippen molar-refractivity contribution in [1.82, 2.24) is 4.98 Å². The third kappa shape index (κ3) is 2.38. The van der Waals surface area contributed by atoms with Crippen molar-refractivity contribution in [2.45, 2.75) is 13.3 Å². The lowest BCUT2D eigenvalue weighted by atomic mass is 10.1. The van der Waals surface area contributed by atoms with E-state index in [0.717, 1.165) is 0 Å². The number of nitrogens with zero attached hydrogens (tertiary/aromatic N) is 1. The summed E-state index contributed by atoms with van der Waals surface area (Å²) in [5.41, 5.74) is 0.268. The first-order valence-corrected chi connectivity index (χ1v) is 5.04. The topological polar surface area (TPSA) is 30.0 Å². The highest BCUT2D eigenvalue weighted by molar-refractivity contribution is 14.1. The van der Waals surface area contributed by atoms with E-state index >= 15 is 0 Å². The molecule has 0 aliphatic rings. The molecule has 0 spiro atoms. The van der Waals surface area contributed by atoms with Crippen molar-refractivity contribution in [3.8, 4) is 0 Å². The van der Waals surface area contributed by atoms with Crippen molar-refractivity contribution in [3.05, 3.63) is 26.6 Å². The summed E-state index contributed by atoms with van der Waals surface area (Å²) in [6.45, 7) is 1.55. The van der Waals surface area contributed by atoms with Crippen LogP contribution < -0.4 is 0 Å². The molecule has 76 valence electrons. The van der Waals surface area contributed by atoms with Crippen LogP contribution >= 0.6 is 34.2 Å². The largest absolute Gasteiger partial charge is 0.280 e. The molecule has 0 saturated heterocycles. The second-order valence-electron chi connectivity index (χ2n) is 2.60. The Labute approximate surface area is 97.8 Å². The van der Waals surface area contributed by atoms with E-state index in [0.29, 0.717) is 5.56 Å².